The van der Waals surface area contributed by atoms with Gasteiger partial charge < -0.3 is 10.1 Å². The molecular formula is C12H17BrN2O3. The smallest absolute Gasteiger partial charge is 0.292 e. The molecule has 0 radical (unpaired) electrons. The largest absolute Gasteiger partial charge is 0.379 e. The maximum atomic E-state index is 10.8. The molecule has 1 N–H and O–H groups in total. The van der Waals surface area contributed by atoms with E-state index in [1.165, 1.54) is 6.07 Å². The minimum absolute atomic E-state index is 0.0714. The fourth-order valence-corrected chi connectivity index (χ4v) is 1.75. The van der Waals surface area contributed by atoms with Crippen LogP contribution in [0.2, 0.25) is 0 Å². The third kappa shape index (κ3) is 5.01. The number of nitrogens with one attached hydrogen (secondary N) is 1. The number of hydrogen-bond donors (Lipinski definition) is 1. The summed E-state index contributed by atoms with van der Waals surface area (Å²) in [5.41, 5.74) is 0.574. The van der Waals surface area contributed by atoms with Gasteiger partial charge >= 0.3 is 0 Å². The molecule has 0 aromatic heterocycles. The van der Waals surface area contributed by atoms with E-state index in [9.17, 15) is 10.1 Å². The first kappa shape index (κ1) is 14.9. The van der Waals surface area contributed by atoms with Gasteiger partial charge in [-0.05, 0) is 18.1 Å². The Labute approximate surface area is 115 Å². The molecule has 0 bridgehead atoms. The van der Waals surface area contributed by atoms with E-state index in [-0.39, 0.29) is 5.69 Å². The Morgan fingerprint density at radius 1 is 1.50 bits per heavy atom. The van der Waals surface area contributed by atoms with Gasteiger partial charge in [-0.2, -0.15) is 0 Å². The Hall–Kier alpha value is -1.14. The van der Waals surface area contributed by atoms with Crippen molar-refractivity contribution < 1.29 is 9.66 Å². The Kier molecular flexibility index (Phi) is 6.07. The lowest BCUT2D eigenvalue weighted by molar-refractivity contribution is -0.384. The van der Waals surface area contributed by atoms with E-state index >= 15 is 0 Å². The van der Waals surface area contributed by atoms with Crippen molar-refractivity contribution in [3.63, 3.8) is 0 Å². The first-order chi connectivity index (χ1) is 8.50. The standard InChI is InChI=1S/C12H17BrN2O3/c1-9(2)8-18-6-5-14-11-7-10(13)3-4-12(11)15(16)17/h3-4,7,9,14H,5-6,8H2,1-2H3. The van der Waals surface area contributed by atoms with Gasteiger partial charge in [-0.3, -0.25) is 10.1 Å². The van der Waals surface area contributed by atoms with Crippen LogP contribution in [-0.2, 0) is 4.74 Å². The molecular weight excluding hydrogens is 300 g/mol. The number of nitro groups is 1. The van der Waals surface area contributed by atoms with E-state index in [1.54, 1.807) is 12.1 Å². The van der Waals surface area contributed by atoms with Crippen LogP contribution in [0.15, 0.2) is 22.7 Å². The van der Waals surface area contributed by atoms with Gasteiger partial charge in [-0.1, -0.05) is 29.8 Å². The van der Waals surface area contributed by atoms with E-state index in [2.05, 4.69) is 35.1 Å². The molecule has 0 heterocycles. The molecule has 0 fully saturated rings. The van der Waals surface area contributed by atoms with Gasteiger partial charge in [-0.25, -0.2) is 0 Å². The van der Waals surface area contributed by atoms with Crippen LogP contribution >= 0.6 is 15.9 Å². The third-order valence-corrected chi connectivity index (χ3v) is 2.66. The van der Waals surface area contributed by atoms with Gasteiger partial charge in [0.05, 0.1) is 11.5 Å². The number of ether oxygens (including phenoxy) is 1. The van der Waals surface area contributed by atoms with Crippen molar-refractivity contribution in [2.45, 2.75) is 13.8 Å². The van der Waals surface area contributed by atoms with Gasteiger partial charge in [0.15, 0.2) is 0 Å². The zero-order chi connectivity index (χ0) is 13.5. The highest BCUT2D eigenvalue weighted by atomic mass is 79.9. The molecule has 0 aliphatic carbocycles. The summed E-state index contributed by atoms with van der Waals surface area (Å²) in [4.78, 5) is 10.4. The number of nitrogens with zero attached hydrogens (tertiary/aromatic N) is 1. The van der Waals surface area contributed by atoms with Crippen molar-refractivity contribution in [2.24, 2.45) is 5.92 Å². The van der Waals surface area contributed by atoms with E-state index in [4.69, 9.17) is 4.74 Å². The normalized spacial score (nSPS) is 10.7. The van der Waals surface area contributed by atoms with Crippen LogP contribution in [0.1, 0.15) is 13.8 Å². The zero-order valence-corrected chi connectivity index (χ0v) is 12.1. The molecule has 1 rings (SSSR count). The maximum absolute atomic E-state index is 10.8. The van der Waals surface area contributed by atoms with Crippen LogP contribution in [-0.4, -0.2) is 24.7 Å². The molecule has 0 amide bonds. The summed E-state index contributed by atoms with van der Waals surface area (Å²) >= 11 is 3.29. The Bertz CT molecular complexity index is 410. The van der Waals surface area contributed by atoms with Gasteiger partial charge in [0.1, 0.15) is 5.69 Å². The van der Waals surface area contributed by atoms with Crippen LogP contribution in [0, 0.1) is 16.0 Å². The first-order valence-electron chi connectivity index (χ1n) is 5.76. The third-order valence-electron chi connectivity index (χ3n) is 2.17. The molecule has 0 aliphatic rings. The molecule has 0 unspecified atom stereocenters. The van der Waals surface area contributed by atoms with Crippen molar-refractivity contribution in [3.8, 4) is 0 Å². The van der Waals surface area contributed by atoms with Gasteiger partial charge in [0, 0.05) is 23.7 Å². The van der Waals surface area contributed by atoms with Gasteiger partial charge in [0.2, 0.25) is 0 Å². The van der Waals surface area contributed by atoms with E-state index < -0.39 is 4.92 Å². The number of hydrogen-bond acceptors (Lipinski definition) is 4. The van der Waals surface area contributed by atoms with E-state index in [0.29, 0.717) is 31.4 Å². The fourth-order valence-electron chi connectivity index (χ4n) is 1.39. The molecule has 0 atom stereocenters. The second kappa shape index (κ2) is 7.33. The number of benzene rings is 1. The topological polar surface area (TPSA) is 64.4 Å². The molecule has 1 aromatic rings. The zero-order valence-electron chi connectivity index (χ0n) is 10.5. The Balaban J connectivity index is 2.50. The highest BCUT2D eigenvalue weighted by Crippen LogP contribution is 2.27. The van der Waals surface area contributed by atoms with Crippen molar-refractivity contribution in [2.75, 3.05) is 25.1 Å². The second-order valence-corrected chi connectivity index (χ2v) is 5.23. The predicted molar refractivity (Wildman–Crippen MR) is 74.9 cm³/mol. The molecule has 6 heteroatoms. The summed E-state index contributed by atoms with van der Waals surface area (Å²) in [5, 5.41) is 13.8. The maximum Gasteiger partial charge on any atom is 0.292 e. The lowest BCUT2D eigenvalue weighted by atomic mass is 10.2. The minimum atomic E-state index is -0.399. The molecule has 5 nitrogen and oxygen atoms in total. The lowest BCUT2D eigenvalue weighted by Crippen LogP contribution is -2.12. The molecule has 0 spiro atoms. The fraction of sp³-hybridized carbons (Fsp3) is 0.500. The summed E-state index contributed by atoms with van der Waals surface area (Å²) in [5.74, 6) is 0.491. The molecule has 18 heavy (non-hydrogen) atoms. The minimum Gasteiger partial charge on any atom is -0.379 e. The average molecular weight is 317 g/mol. The molecule has 0 saturated heterocycles. The predicted octanol–water partition coefficient (Wildman–Crippen LogP) is 3.44. The summed E-state index contributed by atoms with van der Waals surface area (Å²) in [6.45, 7) is 5.92. The van der Waals surface area contributed by atoms with E-state index in [0.717, 1.165) is 4.47 Å². The van der Waals surface area contributed by atoms with E-state index in [1.807, 2.05) is 0 Å². The molecule has 0 aliphatic heterocycles. The summed E-state index contributed by atoms with van der Waals surface area (Å²) in [6.07, 6.45) is 0. The van der Waals surface area contributed by atoms with Crippen LogP contribution in [0.5, 0.6) is 0 Å². The van der Waals surface area contributed by atoms with Crippen molar-refractivity contribution in [3.05, 3.63) is 32.8 Å². The quantitative estimate of drug-likeness (QED) is 0.475. The van der Waals surface area contributed by atoms with Crippen molar-refractivity contribution >= 4 is 27.3 Å². The number of nitro benzene ring substituents is 1. The number of halogens is 1. The summed E-state index contributed by atoms with van der Waals surface area (Å²) in [6, 6.07) is 4.82. The van der Waals surface area contributed by atoms with Gasteiger partial charge in [-0.15, -0.1) is 0 Å². The average Bonchev–Trinajstić information content (AvgIpc) is 2.27. The number of anilines is 1. The SMILES string of the molecule is CC(C)COCCNc1cc(Br)ccc1[N+](=O)[O-]. The van der Waals surface area contributed by atoms with Crippen LogP contribution < -0.4 is 5.32 Å². The second-order valence-electron chi connectivity index (χ2n) is 4.31. The van der Waals surface area contributed by atoms with Crippen LogP contribution in [0.25, 0.3) is 0 Å². The van der Waals surface area contributed by atoms with Crippen molar-refractivity contribution in [1.82, 2.24) is 0 Å². The highest BCUT2D eigenvalue weighted by molar-refractivity contribution is 9.10. The Morgan fingerprint density at radius 3 is 2.83 bits per heavy atom. The highest BCUT2D eigenvalue weighted by Gasteiger charge is 2.12. The summed E-state index contributed by atoms with van der Waals surface area (Å²) < 4.78 is 6.21. The molecule has 1 aromatic carbocycles. The van der Waals surface area contributed by atoms with Crippen LogP contribution in [0.3, 0.4) is 0 Å². The lowest BCUT2D eigenvalue weighted by Gasteiger charge is -2.09. The van der Waals surface area contributed by atoms with Crippen LogP contribution in [0.4, 0.5) is 11.4 Å². The monoisotopic (exact) mass is 316 g/mol. The Morgan fingerprint density at radius 2 is 2.22 bits per heavy atom. The molecule has 100 valence electrons. The van der Waals surface area contributed by atoms with Crippen molar-refractivity contribution in [1.29, 1.82) is 0 Å². The number of rotatable bonds is 7. The first-order valence-corrected chi connectivity index (χ1v) is 6.55. The summed E-state index contributed by atoms with van der Waals surface area (Å²) in [7, 11) is 0. The molecule has 0 saturated carbocycles. The van der Waals surface area contributed by atoms with Gasteiger partial charge in [0.25, 0.3) is 5.69 Å².